The van der Waals surface area contributed by atoms with Crippen LogP contribution in [0.15, 0.2) is 49.1 Å². The van der Waals surface area contributed by atoms with E-state index in [2.05, 4.69) is 54.4 Å². The summed E-state index contributed by atoms with van der Waals surface area (Å²) < 4.78 is 0. The summed E-state index contributed by atoms with van der Waals surface area (Å²) >= 11 is 0. The Morgan fingerprint density at radius 1 is 1.14 bits per heavy atom. The van der Waals surface area contributed by atoms with Gasteiger partial charge in [0.2, 0.25) is 0 Å². The van der Waals surface area contributed by atoms with Crippen LogP contribution in [0.5, 0.6) is 0 Å². The van der Waals surface area contributed by atoms with Gasteiger partial charge in [-0.05, 0) is 29.2 Å². The number of benzene rings is 2. The lowest BCUT2D eigenvalue weighted by Crippen LogP contribution is -2.98. The molecule has 0 bridgehead atoms. The molecule has 1 nitrogen and oxygen atoms in total. The first-order chi connectivity index (χ1) is 10.3. The summed E-state index contributed by atoms with van der Waals surface area (Å²) in [6.45, 7) is 3.99. The fourth-order valence-electron chi connectivity index (χ4n) is 4.62. The summed E-state index contributed by atoms with van der Waals surface area (Å²) in [6, 6.07) is 14.1. The molecule has 1 heteroatoms. The van der Waals surface area contributed by atoms with E-state index in [9.17, 15) is 0 Å². The average molecular weight is 278 g/mol. The number of hydrogen-bond donors (Lipinski definition) is 1. The van der Waals surface area contributed by atoms with E-state index >= 15 is 0 Å². The van der Waals surface area contributed by atoms with E-state index in [0.717, 1.165) is 6.42 Å². The van der Waals surface area contributed by atoms with Crippen LogP contribution in [0.25, 0.3) is 10.8 Å². The van der Waals surface area contributed by atoms with Crippen molar-refractivity contribution >= 4 is 10.8 Å². The van der Waals surface area contributed by atoms with Crippen LogP contribution in [0.3, 0.4) is 0 Å². The van der Waals surface area contributed by atoms with Gasteiger partial charge >= 0.3 is 0 Å². The molecule has 4 rings (SSSR count). The molecule has 21 heavy (non-hydrogen) atoms. The van der Waals surface area contributed by atoms with E-state index in [0.29, 0.717) is 11.6 Å². The number of hydrogen-bond acceptors (Lipinski definition) is 0. The molecule has 1 aliphatic heterocycles. The van der Waals surface area contributed by atoms with Gasteiger partial charge in [0.1, 0.15) is 11.6 Å². The third kappa shape index (κ3) is 2.11. The van der Waals surface area contributed by atoms with Crippen molar-refractivity contribution in [3.8, 4) is 0 Å². The molecule has 2 aromatic carbocycles. The van der Waals surface area contributed by atoms with Crippen molar-refractivity contribution in [3.63, 3.8) is 0 Å². The molecule has 0 amide bonds. The van der Waals surface area contributed by atoms with E-state index in [1.807, 2.05) is 0 Å². The smallest absolute Gasteiger partial charge is 0.116 e. The van der Waals surface area contributed by atoms with Crippen molar-refractivity contribution in [1.29, 1.82) is 0 Å². The van der Waals surface area contributed by atoms with E-state index < -0.39 is 0 Å². The number of fused-ring (bicyclic) bond motifs is 3. The lowest BCUT2D eigenvalue weighted by molar-refractivity contribution is -0.765. The first-order valence-corrected chi connectivity index (χ1v) is 8.29. The van der Waals surface area contributed by atoms with Gasteiger partial charge in [0.05, 0.1) is 0 Å². The molecule has 2 N–H and O–H groups in total. The second-order valence-corrected chi connectivity index (χ2v) is 6.90. The minimum Gasteiger partial charge on any atom is -0.335 e. The second-order valence-electron chi connectivity index (χ2n) is 6.90. The largest absolute Gasteiger partial charge is 0.335 e. The van der Waals surface area contributed by atoms with E-state index in [4.69, 9.17) is 0 Å². The zero-order chi connectivity index (χ0) is 14.3. The summed E-state index contributed by atoms with van der Waals surface area (Å²) in [6.07, 6.45) is 9.97. The Hall–Kier alpha value is -1.60. The molecule has 0 radical (unpaired) electrons. The molecule has 0 aromatic heterocycles. The minimum atomic E-state index is 0.463. The van der Waals surface area contributed by atoms with Crippen molar-refractivity contribution in [3.05, 3.63) is 60.2 Å². The zero-order valence-electron chi connectivity index (χ0n) is 12.6. The molecule has 2 aliphatic rings. The molecule has 1 aliphatic carbocycles. The topological polar surface area (TPSA) is 16.6 Å². The first-order valence-electron chi connectivity index (χ1n) is 8.29. The van der Waals surface area contributed by atoms with Gasteiger partial charge in [0.15, 0.2) is 0 Å². The fraction of sp³-hybridized carbons (Fsp3) is 0.400. The average Bonchev–Trinajstić information content (AvgIpc) is 2.95. The third-order valence-corrected chi connectivity index (χ3v) is 5.58. The van der Waals surface area contributed by atoms with Crippen molar-refractivity contribution < 1.29 is 5.32 Å². The van der Waals surface area contributed by atoms with Crippen molar-refractivity contribution in [1.82, 2.24) is 0 Å². The summed E-state index contributed by atoms with van der Waals surface area (Å²) in [5.74, 6) is 0. The second kappa shape index (κ2) is 4.99. The Labute approximate surface area is 127 Å². The number of rotatable bonds is 2. The molecule has 1 heterocycles. The van der Waals surface area contributed by atoms with Crippen LogP contribution < -0.4 is 5.32 Å². The summed E-state index contributed by atoms with van der Waals surface area (Å²) in [7, 11) is 0. The van der Waals surface area contributed by atoms with Crippen molar-refractivity contribution in [2.75, 3.05) is 0 Å². The first kappa shape index (κ1) is 13.1. The Kier molecular flexibility index (Phi) is 3.11. The van der Waals surface area contributed by atoms with Crippen LogP contribution in [0.4, 0.5) is 0 Å². The summed E-state index contributed by atoms with van der Waals surface area (Å²) in [5, 5.41) is 5.55. The van der Waals surface area contributed by atoms with Gasteiger partial charge in [-0.1, -0.05) is 42.5 Å². The SMILES string of the molecule is C=CC[C@@H]1[NH2+]C2(CCCC2)Cc2c1ccc1ccccc21. The Morgan fingerprint density at radius 2 is 1.95 bits per heavy atom. The van der Waals surface area contributed by atoms with Gasteiger partial charge in [-0.2, -0.15) is 0 Å². The van der Waals surface area contributed by atoms with Gasteiger partial charge < -0.3 is 5.32 Å². The van der Waals surface area contributed by atoms with Gasteiger partial charge in [-0.15, -0.1) is 6.58 Å². The molecule has 0 unspecified atom stereocenters. The van der Waals surface area contributed by atoms with Crippen LogP contribution in [0, 0.1) is 0 Å². The molecule has 1 atom stereocenters. The van der Waals surface area contributed by atoms with Gasteiger partial charge in [0, 0.05) is 31.2 Å². The van der Waals surface area contributed by atoms with Gasteiger partial charge in [0.25, 0.3) is 0 Å². The molecule has 1 fully saturated rings. The predicted molar refractivity (Wildman–Crippen MR) is 88.3 cm³/mol. The molecule has 1 saturated carbocycles. The Balaban J connectivity index is 1.89. The van der Waals surface area contributed by atoms with Gasteiger partial charge in [-0.3, -0.25) is 0 Å². The maximum absolute atomic E-state index is 3.99. The highest BCUT2D eigenvalue weighted by molar-refractivity contribution is 5.87. The zero-order valence-corrected chi connectivity index (χ0v) is 12.6. The van der Waals surface area contributed by atoms with Crippen LogP contribution in [-0.2, 0) is 6.42 Å². The lowest BCUT2D eigenvalue weighted by Gasteiger charge is -2.38. The predicted octanol–water partition coefficient (Wildman–Crippen LogP) is 3.89. The molecule has 108 valence electrons. The fourth-order valence-corrected chi connectivity index (χ4v) is 4.62. The van der Waals surface area contributed by atoms with E-state index in [-0.39, 0.29) is 0 Å². The van der Waals surface area contributed by atoms with E-state index in [1.54, 1.807) is 11.1 Å². The monoisotopic (exact) mass is 278 g/mol. The highest BCUT2D eigenvalue weighted by Crippen LogP contribution is 2.38. The van der Waals surface area contributed by atoms with Gasteiger partial charge in [-0.25, -0.2) is 0 Å². The van der Waals surface area contributed by atoms with Crippen molar-refractivity contribution in [2.24, 2.45) is 0 Å². The van der Waals surface area contributed by atoms with Crippen LogP contribution in [-0.4, -0.2) is 5.54 Å². The molecular weight excluding hydrogens is 254 g/mol. The highest BCUT2D eigenvalue weighted by Gasteiger charge is 2.44. The molecule has 1 spiro atoms. The number of quaternary nitrogens is 1. The van der Waals surface area contributed by atoms with Crippen molar-refractivity contribution in [2.45, 2.75) is 50.1 Å². The highest BCUT2D eigenvalue weighted by atomic mass is 15.0. The Morgan fingerprint density at radius 3 is 2.76 bits per heavy atom. The summed E-state index contributed by atoms with van der Waals surface area (Å²) in [4.78, 5) is 0. The number of nitrogens with two attached hydrogens (primary N) is 1. The molecule has 0 saturated heterocycles. The molecule has 2 aromatic rings. The minimum absolute atomic E-state index is 0.463. The lowest BCUT2D eigenvalue weighted by atomic mass is 9.77. The maximum Gasteiger partial charge on any atom is 0.116 e. The van der Waals surface area contributed by atoms with Crippen LogP contribution >= 0.6 is 0 Å². The summed E-state index contributed by atoms with van der Waals surface area (Å²) in [5.41, 5.74) is 3.63. The van der Waals surface area contributed by atoms with Crippen LogP contribution in [0.1, 0.15) is 49.3 Å². The van der Waals surface area contributed by atoms with E-state index in [1.165, 1.54) is 42.9 Å². The maximum atomic E-state index is 3.99. The van der Waals surface area contributed by atoms with Crippen LogP contribution in [0.2, 0.25) is 0 Å². The molecular formula is C20H24N+. The normalized spacial score (nSPS) is 23.3. The third-order valence-electron chi connectivity index (χ3n) is 5.58. The standard InChI is InChI=1S/C20H23N/c1-2-7-19-17-11-10-15-8-3-4-9-16(15)18(17)14-20(21-19)12-5-6-13-20/h2-4,8-11,19,21H,1,5-7,12-14H2/p+1/t19-/m0/s1. The quantitative estimate of drug-likeness (QED) is 0.803. The Bertz CT molecular complexity index is 679.